The molecule has 0 atom stereocenters. The number of likely N-dealkylation sites (tertiary alicyclic amines) is 1. The molecule has 0 aromatic heterocycles. The first kappa shape index (κ1) is 11.7. The number of piperidine rings is 1. The zero-order valence-electron chi connectivity index (χ0n) is 10.2. The number of carbonyl (C=O) groups excluding carboxylic acids is 1. The predicted molar refractivity (Wildman–Crippen MR) is 68.9 cm³/mol. The zero-order valence-corrected chi connectivity index (χ0v) is 10.2. The van der Waals surface area contributed by atoms with Crippen molar-refractivity contribution in [2.75, 3.05) is 13.1 Å². The third-order valence-corrected chi connectivity index (χ3v) is 3.28. The van der Waals surface area contributed by atoms with Gasteiger partial charge in [0.2, 0.25) is 0 Å². The number of amides is 1. The van der Waals surface area contributed by atoms with E-state index >= 15 is 0 Å². The van der Waals surface area contributed by atoms with E-state index in [-0.39, 0.29) is 5.91 Å². The summed E-state index contributed by atoms with van der Waals surface area (Å²) in [4.78, 5) is 14.2. The molecule has 1 aliphatic heterocycles. The van der Waals surface area contributed by atoms with Crippen molar-refractivity contribution >= 4 is 5.91 Å². The Morgan fingerprint density at radius 2 is 2.00 bits per heavy atom. The van der Waals surface area contributed by atoms with Gasteiger partial charge in [-0.05, 0) is 43.9 Å². The summed E-state index contributed by atoms with van der Waals surface area (Å²) in [6, 6.07) is 5.62. The van der Waals surface area contributed by atoms with Crippen LogP contribution in [0, 0.1) is 19.3 Å². The van der Waals surface area contributed by atoms with Crippen LogP contribution in [0.2, 0.25) is 0 Å². The minimum absolute atomic E-state index is 0.112. The SMILES string of the molecule is C#Cc1cc(C(=O)N2CCCCC2)ccc1C. The molecular formula is C15H17NO. The van der Waals surface area contributed by atoms with Crippen molar-refractivity contribution in [1.82, 2.24) is 4.90 Å². The Labute approximate surface area is 103 Å². The molecule has 2 nitrogen and oxygen atoms in total. The van der Waals surface area contributed by atoms with E-state index < -0.39 is 0 Å². The number of nitrogens with zero attached hydrogens (tertiary/aromatic N) is 1. The van der Waals surface area contributed by atoms with E-state index in [1.165, 1.54) is 6.42 Å². The fourth-order valence-electron chi connectivity index (χ4n) is 2.19. The number of hydrogen-bond donors (Lipinski definition) is 0. The van der Waals surface area contributed by atoms with Gasteiger partial charge in [0.25, 0.3) is 5.91 Å². The summed E-state index contributed by atoms with van der Waals surface area (Å²) in [5, 5.41) is 0. The third-order valence-electron chi connectivity index (χ3n) is 3.28. The Morgan fingerprint density at radius 1 is 1.29 bits per heavy atom. The molecule has 0 aliphatic carbocycles. The van der Waals surface area contributed by atoms with Crippen LogP contribution in [0.4, 0.5) is 0 Å². The number of terminal acetylenes is 1. The third kappa shape index (κ3) is 2.50. The highest BCUT2D eigenvalue weighted by Crippen LogP contribution is 2.15. The molecule has 2 heteroatoms. The average molecular weight is 227 g/mol. The minimum atomic E-state index is 0.112. The maximum absolute atomic E-state index is 12.2. The van der Waals surface area contributed by atoms with Crippen molar-refractivity contribution in [2.45, 2.75) is 26.2 Å². The number of benzene rings is 1. The molecule has 1 amide bonds. The molecule has 2 rings (SSSR count). The highest BCUT2D eigenvalue weighted by molar-refractivity contribution is 5.94. The van der Waals surface area contributed by atoms with Crippen molar-refractivity contribution in [3.63, 3.8) is 0 Å². The first-order valence-corrected chi connectivity index (χ1v) is 6.09. The molecule has 1 aromatic carbocycles. The maximum Gasteiger partial charge on any atom is 0.253 e. The van der Waals surface area contributed by atoms with Crippen LogP contribution >= 0.6 is 0 Å². The first-order valence-electron chi connectivity index (χ1n) is 6.09. The van der Waals surface area contributed by atoms with Crippen LogP contribution in [0.15, 0.2) is 18.2 Å². The van der Waals surface area contributed by atoms with Gasteiger partial charge < -0.3 is 4.90 Å². The normalized spacial score (nSPS) is 15.4. The molecule has 0 unspecified atom stereocenters. The summed E-state index contributed by atoms with van der Waals surface area (Å²) in [5.41, 5.74) is 2.57. The number of carbonyl (C=O) groups is 1. The van der Waals surface area contributed by atoms with Crippen molar-refractivity contribution in [1.29, 1.82) is 0 Å². The molecule has 1 aromatic rings. The van der Waals surface area contributed by atoms with Crippen LogP contribution in [-0.2, 0) is 0 Å². The van der Waals surface area contributed by atoms with Crippen molar-refractivity contribution in [3.05, 3.63) is 34.9 Å². The quantitative estimate of drug-likeness (QED) is 0.675. The summed E-state index contributed by atoms with van der Waals surface area (Å²) >= 11 is 0. The summed E-state index contributed by atoms with van der Waals surface area (Å²) < 4.78 is 0. The Morgan fingerprint density at radius 3 is 2.65 bits per heavy atom. The Kier molecular flexibility index (Phi) is 3.49. The van der Waals surface area contributed by atoms with E-state index in [9.17, 15) is 4.79 Å². The molecule has 88 valence electrons. The molecule has 17 heavy (non-hydrogen) atoms. The van der Waals surface area contributed by atoms with Gasteiger partial charge in [0.1, 0.15) is 0 Å². The number of hydrogen-bond acceptors (Lipinski definition) is 1. The predicted octanol–water partition coefficient (Wildman–Crippen LogP) is 2.60. The minimum Gasteiger partial charge on any atom is -0.339 e. The second kappa shape index (κ2) is 5.05. The molecule has 0 radical (unpaired) electrons. The zero-order chi connectivity index (χ0) is 12.3. The second-order valence-corrected chi connectivity index (χ2v) is 4.53. The summed E-state index contributed by atoms with van der Waals surface area (Å²) in [6.45, 7) is 3.71. The van der Waals surface area contributed by atoms with Gasteiger partial charge in [0.15, 0.2) is 0 Å². The highest BCUT2D eigenvalue weighted by atomic mass is 16.2. The molecule has 1 heterocycles. The smallest absolute Gasteiger partial charge is 0.253 e. The van der Waals surface area contributed by atoms with Gasteiger partial charge >= 0.3 is 0 Å². The number of rotatable bonds is 1. The van der Waals surface area contributed by atoms with Crippen molar-refractivity contribution < 1.29 is 4.79 Å². The topological polar surface area (TPSA) is 20.3 Å². The van der Waals surface area contributed by atoms with Crippen LogP contribution < -0.4 is 0 Å². The van der Waals surface area contributed by atoms with Gasteiger partial charge in [-0.2, -0.15) is 0 Å². The lowest BCUT2D eigenvalue weighted by atomic mass is 10.0. The Balaban J connectivity index is 2.22. The molecule has 1 fully saturated rings. The number of aryl methyl sites for hydroxylation is 1. The largest absolute Gasteiger partial charge is 0.339 e. The fraction of sp³-hybridized carbons (Fsp3) is 0.400. The van der Waals surface area contributed by atoms with Gasteiger partial charge in [0.05, 0.1) is 0 Å². The monoisotopic (exact) mass is 227 g/mol. The van der Waals surface area contributed by atoms with Gasteiger partial charge in [-0.3, -0.25) is 4.79 Å². The fourth-order valence-corrected chi connectivity index (χ4v) is 2.19. The van der Waals surface area contributed by atoms with E-state index in [2.05, 4.69) is 5.92 Å². The highest BCUT2D eigenvalue weighted by Gasteiger charge is 2.18. The van der Waals surface area contributed by atoms with Crippen molar-refractivity contribution in [3.8, 4) is 12.3 Å². The molecule has 0 spiro atoms. The molecule has 0 bridgehead atoms. The summed E-state index contributed by atoms with van der Waals surface area (Å²) in [7, 11) is 0. The van der Waals surface area contributed by atoms with E-state index in [4.69, 9.17) is 6.42 Å². The summed E-state index contributed by atoms with van der Waals surface area (Å²) in [6.07, 6.45) is 8.87. The first-order chi connectivity index (χ1) is 8.22. The van der Waals surface area contributed by atoms with Crippen LogP contribution in [0.3, 0.4) is 0 Å². The molecular weight excluding hydrogens is 210 g/mol. The van der Waals surface area contributed by atoms with Crippen LogP contribution in [-0.4, -0.2) is 23.9 Å². The lowest BCUT2D eigenvalue weighted by Crippen LogP contribution is -2.35. The Hall–Kier alpha value is -1.75. The lowest BCUT2D eigenvalue weighted by molar-refractivity contribution is 0.0724. The van der Waals surface area contributed by atoms with Crippen LogP contribution in [0.1, 0.15) is 40.7 Å². The molecule has 1 aliphatic rings. The van der Waals surface area contributed by atoms with Crippen molar-refractivity contribution in [2.24, 2.45) is 0 Å². The second-order valence-electron chi connectivity index (χ2n) is 4.53. The maximum atomic E-state index is 12.2. The standard InChI is InChI=1S/C15H17NO/c1-3-13-11-14(8-7-12(13)2)15(17)16-9-5-4-6-10-16/h1,7-8,11H,4-6,9-10H2,2H3. The van der Waals surface area contributed by atoms with E-state index in [0.29, 0.717) is 5.56 Å². The lowest BCUT2D eigenvalue weighted by Gasteiger charge is -2.26. The van der Waals surface area contributed by atoms with E-state index in [1.54, 1.807) is 0 Å². The van der Waals surface area contributed by atoms with Gasteiger partial charge in [0, 0.05) is 24.2 Å². The van der Waals surface area contributed by atoms with Gasteiger partial charge in [-0.25, -0.2) is 0 Å². The van der Waals surface area contributed by atoms with E-state index in [0.717, 1.165) is 37.1 Å². The van der Waals surface area contributed by atoms with E-state index in [1.807, 2.05) is 30.0 Å². The van der Waals surface area contributed by atoms with Gasteiger partial charge in [-0.15, -0.1) is 6.42 Å². The van der Waals surface area contributed by atoms with Crippen LogP contribution in [0.25, 0.3) is 0 Å². The summed E-state index contributed by atoms with van der Waals surface area (Å²) in [5.74, 6) is 2.73. The molecule has 0 saturated carbocycles. The van der Waals surface area contributed by atoms with Gasteiger partial charge in [-0.1, -0.05) is 12.0 Å². The molecule has 0 N–H and O–H groups in total. The molecule has 1 saturated heterocycles. The average Bonchev–Trinajstić information content (AvgIpc) is 2.39. The van der Waals surface area contributed by atoms with Crippen LogP contribution in [0.5, 0.6) is 0 Å². The Bertz CT molecular complexity index is 464.